The average molecular weight is 572 g/mol. The third kappa shape index (κ3) is 5.90. The Bertz CT molecular complexity index is 1470. The van der Waals surface area contributed by atoms with Crippen LogP contribution in [0.25, 0.3) is 21.5 Å². The first-order valence-electron chi connectivity index (χ1n) is 14.5. The first-order valence-corrected chi connectivity index (χ1v) is 17.1. The molecule has 4 aromatic rings. The fraction of sp³-hybridized carbons (Fsp3) is 0.394. The number of halogens is 5. The van der Waals surface area contributed by atoms with Crippen molar-refractivity contribution >= 4 is 41.2 Å². The minimum absolute atomic E-state index is 0.00548. The smallest absolute Gasteiger partial charge is 0.195 e. The van der Waals surface area contributed by atoms with Crippen molar-refractivity contribution in [2.45, 2.75) is 83.8 Å². The van der Waals surface area contributed by atoms with Gasteiger partial charge in [0.05, 0.1) is 5.39 Å². The highest BCUT2D eigenvalue weighted by Crippen LogP contribution is 2.44. The third-order valence-electron chi connectivity index (χ3n) is 8.41. The van der Waals surface area contributed by atoms with Crippen molar-refractivity contribution in [1.29, 1.82) is 0 Å². The van der Waals surface area contributed by atoms with Crippen molar-refractivity contribution in [3.05, 3.63) is 83.7 Å². The molecule has 0 fully saturated rings. The average Bonchev–Trinajstić information content (AvgIpc) is 2.95. The van der Waals surface area contributed by atoms with Crippen LogP contribution in [0.2, 0.25) is 18.1 Å². The van der Waals surface area contributed by atoms with Gasteiger partial charge in [-0.1, -0.05) is 77.8 Å². The van der Waals surface area contributed by atoms with Gasteiger partial charge in [0.1, 0.15) is 11.6 Å². The molecule has 4 rings (SSSR count). The van der Waals surface area contributed by atoms with Crippen LogP contribution in [0.3, 0.4) is 0 Å². The molecule has 0 saturated heterocycles. The summed E-state index contributed by atoms with van der Waals surface area (Å²) in [6.45, 7) is 6.47. The van der Waals surface area contributed by atoms with Crippen LogP contribution < -0.4 is 4.57 Å². The molecule has 0 aromatic heterocycles. The van der Waals surface area contributed by atoms with Gasteiger partial charge in [-0.2, -0.15) is 0 Å². The lowest BCUT2D eigenvalue weighted by Gasteiger charge is -2.44. The van der Waals surface area contributed by atoms with Gasteiger partial charge in [0.15, 0.2) is 25.7 Å². The summed E-state index contributed by atoms with van der Waals surface area (Å²) < 4.78 is 75.4. The van der Waals surface area contributed by atoms with E-state index in [1.165, 1.54) is 31.7 Å². The molecule has 214 valence electrons. The lowest BCUT2D eigenvalue weighted by atomic mass is 10.1. The monoisotopic (exact) mass is 571 g/mol. The number of hydrogen-bond donors (Lipinski definition) is 0. The minimum Gasteiger partial charge on any atom is -0.368 e. The first kappa shape index (κ1) is 30.0. The van der Waals surface area contributed by atoms with Crippen molar-refractivity contribution in [2.24, 2.45) is 0 Å². The predicted octanol–water partition coefficient (Wildman–Crippen LogP) is 11.6. The number of hydrogen-bond acceptors (Lipinski definition) is 1. The Balaban J connectivity index is 1.88. The van der Waals surface area contributed by atoms with Crippen LogP contribution in [0.1, 0.15) is 65.7 Å². The molecule has 0 amide bonds. The van der Waals surface area contributed by atoms with E-state index in [2.05, 4.69) is 25.3 Å². The van der Waals surface area contributed by atoms with Gasteiger partial charge in [0, 0.05) is 22.1 Å². The molecule has 0 radical (unpaired) electrons. The standard InChI is InChI=1S/C33H38F5NSi/c1-4-7-8-9-10-11-12-20-40(5-2,6-3)39(24-16-17-25-23(21-24)14-13-15-27(25)34)30-19-18-28(35)31-26(30)22-29(36)32(37)33(31)38/h13-19,21-22H,4-12,20H2,1-3H3. The summed E-state index contributed by atoms with van der Waals surface area (Å²) in [5, 5.41) is 0.610. The molecule has 0 unspecified atom stereocenters. The molecule has 0 saturated carbocycles. The normalized spacial score (nSPS) is 12.0. The summed E-state index contributed by atoms with van der Waals surface area (Å²) in [7, 11) is -2.44. The van der Waals surface area contributed by atoms with Crippen LogP contribution in [-0.4, -0.2) is 8.24 Å². The maximum Gasteiger partial charge on any atom is 0.195 e. The molecule has 1 nitrogen and oxygen atoms in total. The topological polar surface area (TPSA) is 3.24 Å². The molecule has 0 aliphatic carbocycles. The largest absolute Gasteiger partial charge is 0.368 e. The van der Waals surface area contributed by atoms with Crippen LogP contribution in [-0.2, 0) is 0 Å². The van der Waals surface area contributed by atoms with Crippen LogP contribution >= 0.6 is 0 Å². The van der Waals surface area contributed by atoms with E-state index in [1.807, 2.05) is 18.2 Å². The highest BCUT2D eigenvalue weighted by atomic mass is 28.3. The summed E-state index contributed by atoms with van der Waals surface area (Å²) >= 11 is 0. The molecular formula is C33H38F5NSi. The molecule has 7 heteroatoms. The van der Waals surface area contributed by atoms with E-state index in [9.17, 15) is 22.0 Å². The molecular weight excluding hydrogens is 533 g/mol. The van der Waals surface area contributed by atoms with E-state index in [0.29, 0.717) is 16.5 Å². The molecule has 0 spiro atoms. The molecule has 0 bridgehead atoms. The van der Waals surface area contributed by atoms with E-state index >= 15 is 0 Å². The highest BCUT2D eigenvalue weighted by Gasteiger charge is 2.39. The second-order valence-electron chi connectivity index (χ2n) is 10.8. The van der Waals surface area contributed by atoms with Gasteiger partial charge < -0.3 is 4.57 Å². The Morgan fingerprint density at radius 2 is 1.32 bits per heavy atom. The van der Waals surface area contributed by atoms with E-state index in [4.69, 9.17) is 0 Å². The molecule has 0 heterocycles. The molecule has 0 atom stereocenters. The fourth-order valence-corrected chi connectivity index (χ4v) is 10.4. The van der Waals surface area contributed by atoms with Crippen LogP contribution in [0.5, 0.6) is 0 Å². The summed E-state index contributed by atoms with van der Waals surface area (Å²) in [4.78, 5) is 0. The number of benzene rings is 4. The summed E-state index contributed by atoms with van der Waals surface area (Å²) in [6.07, 6.45) is 8.13. The Morgan fingerprint density at radius 1 is 0.625 bits per heavy atom. The lowest BCUT2D eigenvalue weighted by molar-refractivity contribution is 0.451. The van der Waals surface area contributed by atoms with E-state index in [0.717, 1.165) is 55.2 Å². The number of anilines is 2. The fourth-order valence-electron chi connectivity index (χ4n) is 6.03. The van der Waals surface area contributed by atoms with Gasteiger partial charge in [-0.05, 0) is 66.0 Å². The highest BCUT2D eigenvalue weighted by molar-refractivity contribution is 6.84. The van der Waals surface area contributed by atoms with E-state index < -0.39 is 36.9 Å². The van der Waals surface area contributed by atoms with Crippen molar-refractivity contribution in [1.82, 2.24) is 0 Å². The Labute approximate surface area is 235 Å². The van der Waals surface area contributed by atoms with Crippen molar-refractivity contribution in [3.8, 4) is 0 Å². The zero-order valence-electron chi connectivity index (χ0n) is 23.6. The number of unbranched alkanes of at least 4 members (excludes halogenated alkanes) is 6. The molecule has 4 aromatic carbocycles. The zero-order valence-corrected chi connectivity index (χ0v) is 24.6. The maximum atomic E-state index is 15.0. The number of rotatable bonds is 13. The second-order valence-corrected chi connectivity index (χ2v) is 15.6. The van der Waals surface area contributed by atoms with Gasteiger partial charge in [-0.3, -0.25) is 0 Å². The number of nitrogens with zero attached hydrogens (tertiary/aromatic N) is 1. The van der Waals surface area contributed by atoms with Crippen LogP contribution in [0, 0.1) is 29.1 Å². The second kappa shape index (κ2) is 13.2. The Morgan fingerprint density at radius 3 is 2.02 bits per heavy atom. The Kier molecular flexibility index (Phi) is 9.88. The molecule has 0 aliphatic heterocycles. The predicted molar refractivity (Wildman–Crippen MR) is 159 cm³/mol. The first-order chi connectivity index (χ1) is 19.3. The zero-order chi connectivity index (χ0) is 28.9. The van der Waals surface area contributed by atoms with Crippen molar-refractivity contribution in [2.75, 3.05) is 4.57 Å². The van der Waals surface area contributed by atoms with Crippen molar-refractivity contribution < 1.29 is 22.0 Å². The van der Waals surface area contributed by atoms with Gasteiger partial charge in [-0.15, -0.1) is 0 Å². The lowest BCUT2D eigenvalue weighted by Crippen LogP contribution is -2.50. The van der Waals surface area contributed by atoms with Crippen LogP contribution in [0.15, 0.2) is 54.6 Å². The van der Waals surface area contributed by atoms with Gasteiger partial charge in [0.2, 0.25) is 0 Å². The summed E-state index contributed by atoms with van der Waals surface area (Å²) in [5.41, 5.74) is 1.21. The summed E-state index contributed by atoms with van der Waals surface area (Å²) in [6, 6.07) is 16.5. The van der Waals surface area contributed by atoms with Gasteiger partial charge in [0.25, 0.3) is 0 Å². The third-order valence-corrected chi connectivity index (χ3v) is 13.8. The van der Waals surface area contributed by atoms with E-state index in [1.54, 1.807) is 18.2 Å². The van der Waals surface area contributed by atoms with Gasteiger partial charge in [-0.25, -0.2) is 22.0 Å². The molecule has 40 heavy (non-hydrogen) atoms. The number of fused-ring (bicyclic) bond motifs is 2. The van der Waals surface area contributed by atoms with Crippen molar-refractivity contribution in [3.63, 3.8) is 0 Å². The SMILES string of the molecule is CCCCCCCCC[Si](CC)(CC)N(c1ccc2c(F)cccc2c1)c1ccc(F)c2c(F)c(F)c(F)cc12. The molecule has 0 N–H and O–H groups in total. The minimum atomic E-state index is -2.44. The maximum absolute atomic E-state index is 15.0. The van der Waals surface area contributed by atoms with E-state index in [-0.39, 0.29) is 11.2 Å². The summed E-state index contributed by atoms with van der Waals surface area (Å²) in [5.74, 6) is -5.84. The quantitative estimate of drug-likeness (QED) is 0.0668. The van der Waals surface area contributed by atoms with Gasteiger partial charge >= 0.3 is 0 Å². The Hall–Kier alpha value is -2.93. The molecule has 0 aliphatic rings. The van der Waals surface area contributed by atoms with Crippen LogP contribution in [0.4, 0.5) is 33.3 Å².